The minimum atomic E-state index is 0.560. The highest BCUT2D eigenvalue weighted by Gasteiger charge is 2.27. The van der Waals surface area contributed by atoms with Crippen LogP contribution in [0.25, 0.3) is 11.3 Å². The minimum absolute atomic E-state index is 0.560. The zero-order valence-corrected chi connectivity index (χ0v) is 17.4. The van der Waals surface area contributed by atoms with Crippen molar-refractivity contribution in [3.8, 4) is 28.5 Å². The molecule has 2 aromatic rings. The molecule has 29 heavy (non-hydrogen) atoms. The fraction of sp³-hybridized carbons (Fsp3) is 0.571. The lowest BCUT2D eigenvalue weighted by molar-refractivity contribution is 0.207. The minimum Gasteiger partial charge on any atom is -0.493 e. The van der Waals surface area contributed by atoms with Gasteiger partial charge < -0.3 is 24.0 Å². The summed E-state index contributed by atoms with van der Waals surface area (Å²) < 4.78 is 16.3. The number of anilines is 1. The van der Waals surface area contributed by atoms with E-state index in [-0.39, 0.29) is 0 Å². The maximum absolute atomic E-state index is 5.46. The van der Waals surface area contributed by atoms with Crippen molar-refractivity contribution in [2.45, 2.75) is 31.7 Å². The number of likely N-dealkylation sites (tertiary alicyclic amines) is 1. The summed E-state index contributed by atoms with van der Waals surface area (Å²) in [6.45, 7) is 4.42. The van der Waals surface area contributed by atoms with Crippen LogP contribution in [0.2, 0.25) is 0 Å². The van der Waals surface area contributed by atoms with Crippen molar-refractivity contribution in [2.24, 2.45) is 0 Å². The summed E-state index contributed by atoms with van der Waals surface area (Å²) in [5, 5.41) is 8.50. The molecule has 1 aromatic heterocycles. The van der Waals surface area contributed by atoms with Crippen LogP contribution >= 0.6 is 0 Å². The predicted molar refractivity (Wildman–Crippen MR) is 111 cm³/mol. The number of methoxy groups -OCH3 is 3. The van der Waals surface area contributed by atoms with Gasteiger partial charge in [-0.3, -0.25) is 0 Å². The fourth-order valence-corrected chi connectivity index (χ4v) is 4.33. The van der Waals surface area contributed by atoms with Gasteiger partial charge >= 0.3 is 0 Å². The van der Waals surface area contributed by atoms with Gasteiger partial charge in [0.25, 0.3) is 0 Å². The van der Waals surface area contributed by atoms with Crippen LogP contribution in [0.5, 0.6) is 17.2 Å². The van der Waals surface area contributed by atoms with E-state index < -0.39 is 0 Å². The van der Waals surface area contributed by atoms with Crippen LogP contribution in [0.3, 0.4) is 0 Å². The molecule has 0 unspecified atom stereocenters. The SMILES string of the molecule is COc1cc(-c2cnnc(N3CCC(N4CCCC4)CC3)n2)cc(OC)c1OC. The molecule has 2 aliphatic rings. The summed E-state index contributed by atoms with van der Waals surface area (Å²) in [6, 6.07) is 4.46. The zero-order valence-electron chi connectivity index (χ0n) is 17.4. The Morgan fingerprint density at radius 3 is 2.14 bits per heavy atom. The summed E-state index contributed by atoms with van der Waals surface area (Å²) in [5.41, 5.74) is 1.58. The maximum Gasteiger partial charge on any atom is 0.245 e. The van der Waals surface area contributed by atoms with Crippen molar-refractivity contribution >= 4 is 5.95 Å². The third-order valence-corrected chi connectivity index (χ3v) is 5.91. The topological polar surface area (TPSA) is 72.8 Å². The Balaban J connectivity index is 1.53. The molecule has 0 radical (unpaired) electrons. The Labute approximate surface area is 171 Å². The highest BCUT2D eigenvalue weighted by molar-refractivity contribution is 5.68. The summed E-state index contributed by atoms with van der Waals surface area (Å²) >= 11 is 0. The average Bonchev–Trinajstić information content (AvgIpc) is 3.33. The largest absolute Gasteiger partial charge is 0.493 e. The van der Waals surface area contributed by atoms with E-state index in [9.17, 15) is 0 Å². The van der Waals surface area contributed by atoms with Crippen molar-refractivity contribution in [1.82, 2.24) is 20.1 Å². The lowest BCUT2D eigenvalue weighted by atomic mass is 10.0. The molecule has 2 aliphatic heterocycles. The molecule has 3 heterocycles. The number of benzene rings is 1. The van der Waals surface area contributed by atoms with E-state index in [4.69, 9.17) is 19.2 Å². The standard InChI is InChI=1S/C21H29N5O3/c1-27-18-12-15(13-19(28-2)20(18)29-3)17-14-22-24-21(23-17)26-10-6-16(7-11-26)25-8-4-5-9-25/h12-14,16H,4-11H2,1-3H3. The maximum atomic E-state index is 5.46. The Bertz CT molecular complexity index is 808. The van der Waals surface area contributed by atoms with Gasteiger partial charge in [0.2, 0.25) is 11.7 Å². The number of ether oxygens (including phenoxy) is 3. The van der Waals surface area contributed by atoms with Gasteiger partial charge in [-0.15, -0.1) is 5.10 Å². The molecule has 2 fully saturated rings. The fourth-order valence-electron chi connectivity index (χ4n) is 4.33. The van der Waals surface area contributed by atoms with Crippen LogP contribution < -0.4 is 19.1 Å². The van der Waals surface area contributed by atoms with Crippen LogP contribution in [0.15, 0.2) is 18.3 Å². The molecule has 2 saturated heterocycles. The van der Waals surface area contributed by atoms with Gasteiger partial charge in [0.15, 0.2) is 11.5 Å². The van der Waals surface area contributed by atoms with E-state index in [1.807, 2.05) is 12.1 Å². The van der Waals surface area contributed by atoms with Gasteiger partial charge in [0.05, 0.1) is 33.2 Å². The molecule has 0 amide bonds. The van der Waals surface area contributed by atoms with Gasteiger partial charge in [-0.05, 0) is 50.9 Å². The smallest absolute Gasteiger partial charge is 0.245 e. The van der Waals surface area contributed by atoms with Crippen molar-refractivity contribution in [3.63, 3.8) is 0 Å². The molecule has 0 saturated carbocycles. The molecule has 0 atom stereocenters. The van der Waals surface area contributed by atoms with Crippen LogP contribution in [0.1, 0.15) is 25.7 Å². The van der Waals surface area contributed by atoms with Crippen LogP contribution in [0, 0.1) is 0 Å². The van der Waals surface area contributed by atoms with Crippen molar-refractivity contribution in [2.75, 3.05) is 52.4 Å². The lowest BCUT2D eigenvalue weighted by Gasteiger charge is -2.36. The molecule has 0 spiro atoms. The molecular weight excluding hydrogens is 370 g/mol. The number of piperidine rings is 1. The zero-order chi connectivity index (χ0) is 20.2. The molecule has 0 N–H and O–H groups in total. The predicted octanol–water partition coefficient (Wildman–Crippen LogP) is 2.63. The number of aromatic nitrogens is 3. The summed E-state index contributed by atoms with van der Waals surface area (Å²) in [4.78, 5) is 9.66. The molecule has 156 valence electrons. The van der Waals surface area contributed by atoms with Gasteiger partial charge in [-0.1, -0.05) is 0 Å². The van der Waals surface area contributed by atoms with Gasteiger partial charge in [-0.25, -0.2) is 4.98 Å². The number of rotatable bonds is 6. The van der Waals surface area contributed by atoms with E-state index in [2.05, 4.69) is 20.0 Å². The monoisotopic (exact) mass is 399 g/mol. The Morgan fingerprint density at radius 1 is 0.897 bits per heavy atom. The van der Waals surface area contributed by atoms with Crippen LogP contribution in [-0.4, -0.2) is 73.6 Å². The summed E-state index contributed by atoms with van der Waals surface area (Å²) in [7, 11) is 4.81. The van der Waals surface area contributed by atoms with E-state index in [0.717, 1.165) is 37.2 Å². The normalized spacial score (nSPS) is 18.1. The molecule has 1 aromatic carbocycles. The molecule has 4 rings (SSSR count). The van der Waals surface area contributed by atoms with Gasteiger partial charge in [-0.2, -0.15) is 5.10 Å². The second-order valence-corrected chi connectivity index (χ2v) is 7.52. The Morgan fingerprint density at radius 2 is 1.55 bits per heavy atom. The first-order chi connectivity index (χ1) is 14.2. The molecule has 8 nitrogen and oxygen atoms in total. The number of hydrogen-bond donors (Lipinski definition) is 0. The second kappa shape index (κ2) is 8.82. The third-order valence-electron chi connectivity index (χ3n) is 5.91. The van der Waals surface area contributed by atoms with E-state index in [1.54, 1.807) is 27.5 Å². The van der Waals surface area contributed by atoms with Crippen molar-refractivity contribution in [3.05, 3.63) is 18.3 Å². The Kier molecular flexibility index (Phi) is 5.99. The van der Waals surface area contributed by atoms with Crippen molar-refractivity contribution in [1.29, 1.82) is 0 Å². The van der Waals surface area contributed by atoms with E-state index >= 15 is 0 Å². The van der Waals surface area contributed by atoms with Crippen LogP contribution in [-0.2, 0) is 0 Å². The molecule has 8 heteroatoms. The van der Waals surface area contributed by atoms with Gasteiger partial charge in [0.1, 0.15) is 0 Å². The second-order valence-electron chi connectivity index (χ2n) is 7.52. The van der Waals surface area contributed by atoms with Crippen molar-refractivity contribution < 1.29 is 14.2 Å². The van der Waals surface area contributed by atoms with Crippen LogP contribution in [0.4, 0.5) is 5.95 Å². The Hall–Kier alpha value is -2.61. The van der Waals surface area contributed by atoms with E-state index in [1.165, 1.54) is 25.9 Å². The summed E-state index contributed by atoms with van der Waals surface area (Å²) in [5.74, 6) is 2.42. The average molecular weight is 399 g/mol. The molecule has 0 bridgehead atoms. The number of nitrogens with zero attached hydrogens (tertiary/aromatic N) is 5. The lowest BCUT2D eigenvalue weighted by Crippen LogP contribution is -2.44. The van der Waals surface area contributed by atoms with Gasteiger partial charge in [0, 0.05) is 24.7 Å². The quantitative estimate of drug-likeness (QED) is 0.734. The third kappa shape index (κ3) is 4.07. The molecular formula is C21H29N5O3. The first kappa shape index (κ1) is 19.7. The number of hydrogen-bond acceptors (Lipinski definition) is 8. The van der Waals surface area contributed by atoms with E-state index in [0.29, 0.717) is 29.2 Å². The highest BCUT2D eigenvalue weighted by atomic mass is 16.5. The first-order valence-electron chi connectivity index (χ1n) is 10.2. The first-order valence-corrected chi connectivity index (χ1v) is 10.2. The highest BCUT2D eigenvalue weighted by Crippen LogP contribution is 2.40. The molecule has 0 aliphatic carbocycles. The summed E-state index contributed by atoms with van der Waals surface area (Å²) in [6.07, 6.45) is 6.64.